The van der Waals surface area contributed by atoms with Crippen molar-refractivity contribution in [1.82, 2.24) is 19.3 Å². The van der Waals surface area contributed by atoms with Crippen molar-refractivity contribution in [2.24, 2.45) is 0 Å². The van der Waals surface area contributed by atoms with Crippen molar-refractivity contribution in [1.29, 1.82) is 0 Å². The number of rotatable bonds is 5. The van der Waals surface area contributed by atoms with Crippen molar-refractivity contribution in [3.8, 4) is 0 Å². The number of hydrogen-bond acceptors (Lipinski definition) is 7. The van der Waals surface area contributed by atoms with Crippen molar-refractivity contribution in [3.63, 3.8) is 0 Å². The molecule has 0 saturated carbocycles. The highest BCUT2D eigenvalue weighted by Crippen LogP contribution is 2.27. The van der Waals surface area contributed by atoms with Gasteiger partial charge in [-0.25, -0.2) is 13.1 Å². The van der Waals surface area contributed by atoms with Gasteiger partial charge in [0.1, 0.15) is 12.1 Å². The molecule has 1 saturated heterocycles. The minimum absolute atomic E-state index is 0.00300. The van der Waals surface area contributed by atoms with Crippen molar-refractivity contribution >= 4 is 44.1 Å². The maximum absolute atomic E-state index is 12.8. The number of fused-ring (bicyclic) bond motifs is 1. The fourth-order valence-electron chi connectivity index (χ4n) is 3.15. The molecule has 2 heterocycles. The van der Waals surface area contributed by atoms with E-state index in [4.69, 9.17) is 16.3 Å². The highest BCUT2D eigenvalue weighted by molar-refractivity contribution is 7.89. The van der Waals surface area contributed by atoms with E-state index >= 15 is 0 Å². The van der Waals surface area contributed by atoms with Crippen molar-refractivity contribution in [3.05, 3.63) is 57.8 Å². The Hall–Kier alpha value is -2.86. The molecule has 0 unspecified atom stereocenters. The molecule has 31 heavy (non-hydrogen) atoms. The summed E-state index contributed by atoms with van der Waals surface area (Å²) >= 11 is 6.15. The van der Waals surface area contributed by atoms with Gasteiger partial charge in [-0.15, -0.1) is 5.10 Å². The molecular formula is C19H18ClN5O5S. The highest BCUT2D eigenvalue weighted by atomic mass is 35.5. The van der Waals surface area contributed by atoms with Crippen molar-refractivity contribution < 1.29 is 17.9 Å². The van der Waals surface area contributed by atoms with Crippen LogP contribution >= 0.6 is 11.6 Å². The maximum atomic E-state index is 12.8. The van der Waals surface area contributed by atoms with Crippen LogP contribution in [0.1, 0.15) is 0 Å². The van der Waals surface area contributed by atoms with E-state index in [9.17, 15) is 18.0 Å². The number of amides is 1. The lowest BCUT2D eigenvalue weighted by atomic mass is 10.2. The van der Waals surface area contributed by atoms with Crippen LogP contribution < -0.4 is 10.9 Å². The van der Waals surface area contributed by atoms with Crippen molar-refractivity contribution in [2.45, 2.75) is 11.4 Å². The number of carbonyl (C=O) groups excluding carboxylic acids is 1. The lowest BCUT2D eigenvalue weighted by molar-refractivity contribution is -0.117. The monoisotopic (exact) mass is 463 g/mol. The third-order valence-electron chi connectivity index (χ3n) is 4.74. The number of nitrogens with one attached hydrogen (secondary N) is 1. The quantitative estimate of drug-likeness (QED) is 0.601. The smallest absolute Gasteiger partial charge is 0.278 e. The second kappa shape index (κ2) is 8.71. The zero-order valence-electron chi connectivity index (χ0n) is 16.2. The summed E-state index contributed by atoms with van der Waals surface area (Å²) < 4.78 is 33.1. The molecule has 12 heteroatoms. The Morgan fingerprint density at radius 3 is 2.68 bits per heavy atom. The molecule has 2 aromatic carbocycles. The number of halogens is 1. The number of hydrogen-bond donors (Lipinski definition) is 1. The van der Waals surface area contributed by atoms with E-state index in [2.05, 4.69) is 15.6 Å². The van der Waals surface area contributed by atoms with Crippen LogP contribution in [0.4, 0.5) is 5.69 Å². The van der Waals surface area contributed by atoms with Crippen LogP contribution in [0.15, 0.2) is 52.2 Å². The topological polar surface area (TPSA) is 123 Å². The molecular weight excluding hydrogens is 446 g/mol. The number of anilines is 1. The fourth-order valence-corrected chi connectivity index (χ4v) is 4.75. The lowest BCUT2D eigenvalue weighted by Crippen LogP contribution is -2.40. The summed E-state index contributed by atoms with van der Waals surface area (Å²) in [6.45, 7) is 0.718. The van der Waals surface area contributed by atoms with Gasteiger partial charge in [-0.05, 0) is 30.3 Å². The summed E-state index contributed by atoms with van der Waals surface area (Å²) in [6.07, 6.45) is 0. The SMILES string of the molecule is O=C(Cn1nnc2ccccc2c1=O)Nc1cc(S(=O)(=O)N2CCOCC2)ccc1Cl. The molecule has 0 bridgehead atoms. The third-order valence-corrected chi connectivity index (χ3v) is 6.97. The summed E-state index contributed by atoms with van der Waals surface area (Å²) in [6, 6.07) is 10.7. The molecule has 0 aliphatic carbocycles. The molecule has 162 valence electrons. The summed E-state index contributed by atoms with van der Waals surface area (Å²) in [4.78, 5) is 25.0. The Kier molecular flexibility index (Phi) is 6.01. The van der Waals surface area contributed by atoms with Gasteiger partial charge in [-0.3, -0.25) is 9.59 Å². The summed E-state index contributed by atoms with van der Waals surface area (Å²) in [5.74, 6) is -0.602. The van der Waals surface area contributed by atoms with Gasteiger partial charge in [0.2, 0.25) is 15.9 Å². The molecule has 3 aromatic rings. The van der Waals surface area contributed by atoms with Crippen LogP contribution in [0.2, 0.25) is 5.02 Å². The van der Waals surface area contributed by atoms with E-state index < -0.39 is 28.0 Å². The molecule has 0 radical (unpaired) electrons. The second-order valence-corrected chi connectivity index (χ2v) is 9.12. The van der Waals surface area contributed by atoms with Crippen LogP contribution in [-0.4, -0.2) is 59.9 Å². The second-order valence-electron chi connectivity index (χ2n) is 6.78. The van der Waals surface area contributed by atoms with Gasteiger partial charge < -0.3 is 10.1 Å². The van der Waals surface area contributed by atoms with Gasteiger partial charge in [0.05, 0.1) is 34.2 Å². The van der Waals surface area contributed by atoms with Gasteiger partial charge >= 0.3 is 0 Å². The summed E-state index contributed by atoms with van der Waals surface area (Å²) in [5, 5.41) is 10.7. The maximum Gasteiger partial charge on any atom is 0.278 e. The zero-order valence-corrected chi connectivity index (χ0v) is 17.8. The Labute approximate surface area is 182 Å². The van der Waals surface area contributed by atoms with Gasteiger partial charge in [0.15, 0.2) is 0 Å². The zero-order chi connectivity index (χ0) is 22.0. The number of sulfonamides is 1. The highest BCUT2D eigenvalue weighted by Gasteiger charge is 2.27. The lowest BCUT2D eigenvalue weighted by Gasteiger charge is -2.26. The van der Waals surface area contributed by atoms with Crippen LogP contribution in [0.5, 0.6) is 0 Å². The number of aromatic nitrogens is 3. The Bertz CT molecular complexity index is 1300. The van der Waals surface area contributed by atoms with E-state index in [0.717, 1.165) is 4.68 Å². The largest absolute Gasteiger partial charge is 0.379 e. The van der Waals surface area contributed by atoms with Gasteiger partial charge in [-0.2, -0.15) is 4.31 Å². The standard InChI is InChI=1S/C19H18ClN5O5S/c20-15-6-5-13(31(28,29)24-7-9-30-10-8-24)11-17(15)21-18(26)12-25-19(27)14-3-1-2-4-16(14)22-23-25/h1-6,11H,7-10,12H2,(H,21,26). The molecule has 10 nitrogen and oxygen atoms in total. The number of nitrogens with zero attached hydrogens (tertiary/aromatic N) is 4. The Morgan fingerprint density at radius 2 is 1.90 bits per heavy atom. The van der Waals surface area contributed by atoms with Gasteiger partial charge in [-0.1, -0.05) is 28.9 Å². The van der Waals surface area contributed by atoms with Gasteiger partial charge in [0, 0.05) is 13.1 Å². The average Bonchev–Trinajstić information content (AvgIpc) is 2.78. The van der Waals surface area contributed by atoms with Crippen molar-refractivity contribution in [2.75, 3.05) is 31.6 Å². The first-order valence-electron chi connectivity index (χ1n) is 9.36. The molecule has 1 aliphatic heterocycles. The van der Waals surface area contributed by atoms with E-state index in [0.29, 0.717) is 24.1 Å². The van der Waals surface area contributed by atoms with E-state index in [1.54, 1.807) is 24.3 Å². The molecule has 4 rings (SSSR count). The number of benzene rings is 2. The average molecular weight is 464 g/mol. The van der Waals surface area contributed by atoms with Crippen LogP contribution in [0.25, 0.3) is 10.9 Å². The van der Waals surface area contributed by atoms with Gasteiger partial charge in [0.25, 0.3) is 5.56 Å². The first-order chi connectivity index (χ1) is 14.9. The van der Waals surface area contributed by atoms with Crippen LogP contribution in [0, 0.1) is 0 Å². The first-order valence-corrected chi connectivity index (χ1v) is 11.2. The van der Waals surface area contributed by atoms with E-state index in [1.807, 2.05) is 0 Å². The molecule has 1 aliphatic rings. The fraction of sp³-hybridized carbons (Fsp3) is 0.263. The number of morpholine rings is 1. The van der Waals surface area contributed by atoms with Crippen LogP contribution in [-0.2, 0) is 26.1 Å². The van der Waals surface area contributed by atoms with E-state index in [1.165, 1.54) is 22.5 Å². The number of carbonyl (C=O) groups is 1. The normalized spacial score (nSPS) is 15.1. The number of ether oxygens (including phenoxy) is 1. The van der Waals surface area contributed by atoms with E-state index in [-0.39, 0.29) is 28.7 Å². The Balaban J connectivity index is 1.55. The third kappa shape index (κ3) is 4.44. The Morgan fingerprint density at radius 1 is 1.16 bits per heavy atom. The molecule has 1 amide bonds. The predicted molar refractivity (Wildman–Crippen MR) is 113 cm³/mol. The first kappa shape index (κ1) is 21.4. The molecule has 0 spiro atoms. The summed E-state index contributed by atoms with van der Waals surface area (Å²) in [5.41, 5.74) is 0.0755. The predicted octanol–water partition coefficient (Wildman–Crippen LogP) is 1.10. The molecule has 1 aromatic heterocycles. The molecule has 1 fully saturated rings. The molecule has 1 N–H and O–H groups in total. The molecule has 0 atom stereocenters. The van der Waals surface area contributed by atoms with Crippen LogP contribution in [0.3, 0.4) is 0 Å². The minimum Gasteiger partial charge on any atom is -0.379 e. The summed E-state index contributed by atoms with van der Waals surface area (Å²) in [7, 11) is -3.76. The minimum atomic E-state index is -3.76.